The molecule has 4 heteroatoms. The third kappa shape index (κ3) is 2.52. The largest absolute Gasteiger partial charge is 0.417 e. The van der Waals surface area contributed by atoms with Gasteiger partial charge >= 0.3 is 6.18 Å². The van der Waals surface area contributed by atoms with Crippen LogP contribution in [0.5, 0.6) is 0 Å². The zero-order chi connectivity index (χ0) is 12.5. The molecule has 2 rings (SSSR count). The highest BCUT2D eigenvalue weighted by Crippen LogP contribution is 2.40. The van der Waals surface area contributed by atoms with Gasteiger partial charge in [-0.25, -0.2) is 0 Å². The van der Waals surface area contributed by atoms with Gasteiger partial charge in [0.2, 0.25) is 0 Å². The number of rotatable bonds is 1. The molecule has 0 aromatic heterocycles. The zero-order valence-electron chi connectivity index (χ0n) is 8.63. The molecule has 0 radical (unpaired) electrons. The van der Waals surface area contributed by atoms with Crippen molar-refractivity contribution < 1.29 is 13.2 Å². The molecule has 0 aliphatic rings. The van der Waals surface area contributed by atoms with Crippen LogP contribution in [0, 0.1) is 0 Å². The Kier molecular flexibility index (Phi) is 3.24. The molecule has 0 nitrogen and oxygen atoms in total. The van der Waals surface area contributed by atoms with E-state index >= 15 is 0 Å². The van der Waals surface area contributed by atoms with Gasteiger partial charge in [0.25, 0.3) is 0 Å². The predicted molar refractivity (Wildman–Crippen MR) is 64.6 cm³/mol. The minimum Gasteiger partial charge on any atom is -0.166 e. The third-order valence-corrected chi connectivity index (χ3v) is 3.04. The summed E-state index contributed by atoms with van der Waals surface area (Å²) in [7, 11) is 0. The minimum absolute atomic E-state index is 0.181. The normalized spacial score (nSPS) is 11.5. The Morgan fingerprint density at radius 2 is 1.47 bits per heavy atom. The van der Waals surface area contributed by atoms with E-state index in [2.05, 4.69) is 15.9 Å². The van der Waals surface area contributed by atoms with Crippen molar-refractivity contribution in [1.82, 2.24) is 0 Å². The van der Waals surface area contributed by atoms with Gasteiger partial charge in [0.15, 0.2) is 0 Å². The molecule has 0 fully saturated rings. The summed E-state index contributed by atoms with van der Waals surface area (Å²) in [4.78, 5) is 0. The highest BCUT2D eigenvalue weighted by Gasteiger charge is 2.34. The fraction of sp³-hybridized carbons (Fsp3) is 0.0769. The summed E-state index contributed by atoms with van der Waals surface area (Å²) >= 11 is 3.18. The third-order valence-electron chi connectivity index (χ3n) is 2.38. The summed E-state index contributed by atoms with van der Waals surface area (Å²) in [5.74, 6) is 0. The van der Waals surface area contributed by atoms with Crippen LogP contribution in [-0.2, 0) is 6.18 Å². The van der Waals surface area contributed by atoms with E-state index in [4.69, 9.17) is 0 Å². The Morgan fingerprint density at radius 3 is 2.06 bits per heavy atom. The van der Waals surface area contributed by atoms with Crippen LogP contribution in [0.1, 0.15) is 5.56 Å². The summed E-state index contributed by atoms with van der Waals surface area (Å²) in [6.45, 7) is 0. The zero-order valence-corrected chi connectivity index (χ0v) is 10.2. The molecule has 88 valence electrons. The van der Waals surface area contributed by atoms with Crippen molar-refractivity contribution in [3.8, 4) is 11.1 Å². The van der Waals surface area contributed by atoms with E-state index in [9.17, 15) is 13.2 Å². The molecular weight excluding hydrogens is 293 g/mol. The van der Waals surface area contributed by atoms with Gasteiger partial charge in [0.05, 0.1) is 5.56 Å². The first-order valence-corrected chi connectivity index (χ1v) is 5.70. The lowest BCUT2D eigenvalue weighted by molar-refractivity contribution is -0.137. The molecule has 0 heterocycles. The van der Waals surface area contributed by atoms with Crippen molar-refractivity contribution in [2.45, 2.75) is 6.18 Å². The van der Waals surface area contributed by atoms with Gasteiger partial charge in [-0.3, -0.25) is 0 Å². The van der Waals surface area contributed by atoms with Gasteiger partial charge in [-0.15, -0.1) is 0 Å². The molecule has 0 saturated carbocycles. The SMILES string of the molecule is FC(F)(F)c1cccc(Br)c1-c1ccccc1. The lowest BCUT2D eigenvalue weighted by atomic mass is 9.99. The molecule has 0 aliphatic carbocycles. The first-order valence-electron chi connectivity index (χ1n) is 4.91. The van der Waals surface area contributed by atoms with E-state index in [0.717, 1.165) is 6.07 Å². The molecule has 17 heavy (non-hydrogen) atoms. The molecule has 2 aromatic rings. The number of hydrogen-bond acceptors (Lipinski definition) is 0. The standard InChI is InChI=1S/C13H8BrF3/c14-11-8-4-7-10(13(15,16)17)12(11)9-5-2-1-3-6-9/h1-8H. The second-order valence-electron chi connectivity index (χ2n) is 3.53. The average molecular weight is 301 g/mol. The minimum atomic E-state index is -4.35. The molecule has 0 bridgehead atoms. The van der Waals surface area contributed by atoms with Crippen molar-refractivity contribution in [1.29, 1.82) is 0 Å². The molecule has 0 amide bonds. The summed E-state index contributed by atoms with van der Waals surface area (Å²) in [6.07, 6.45) is -4.35. The molecule has 0 saturated heterocycles. The van der Waals surface area contributed by atoms with Crippen LogP contribution in [0.15, 0.2) is 53.0 Å². The monoisotopic (exact) mass is 300 g/mol. The van der Waals surface area contributed by atoms with Gasteiger partial charge in [0, 0.05) is 10.0 Å². The smallest absolute Gasteiger partial charge is 0.166 e. The van der Waals surface area contributed by atoms with Crippen LogP contribution in [0.2, 0.25) is 0 Å². The number of benzene rings is 2. The number of hydrogen-bond donors (Lipinski definition) is 0. The maximum absolute atomic E-state index is 12.9. The van der Waals surface area contributed by atoms with Crippen LogP contribution in [0.3, 0.4) is 0 Å². The molecule has 0 N–H and O–H groups in total. The predicted octanol–water partition coefficient (Wildman–Crippen LogP) is 5.13. The van der Waals surface area contributed by atoms with Crippen LogP contribution in [0.25, 0.3) is 11.1 Å². The van der Waals surface area contributed by atoms with Crippen LogP contribution < -0.4 is 0 Å². The molecule has 0 unspecified atom stereocenters. The summed E-state index contributed by atoms with van der Waals surface area (Å²) < 4.78 is 39.1. The summed E-state index contributed by atoms with van der Waals surface area (Å²) in [5, 5.41) is 0. The maximum atomic E-state index is 12.9. The van der Waals surface area contributed by atoms with Crippen molar-refractivity contribution in [3.05, 3.63) is 58.6 Å². The van der Waals surface area contributed by atoms with Gasteiger partial charge in [-0.2, -0.15) is 13.2 Å². The molecule has 2 aromatic carbocycles. The maximum Gasteiger partial charge on any atom is 0.417 e. The van der Waals surface area contributed by atoms with Gasteiger partial charge in [-0.1, -0.05) is 52.3 Å². The Labute approximate surface area is 105 Å². The fourth-order valence-electron chi connectivity index (χ4n) is 1.66. The van der Waals surface area contributed by atoms with Gasteiger partial charge < -0.3 is 0 Å². The lowest BCUT2D eigenvalue weighted by Crippen LogP contribution is -2.07. The Hall–Kier alpha value is -1.29. The van der Waals surface area contributed by atoms with Crippen LogP contribution in [-0.4, -0.2) is 0 Å². The molecule has 0 atom stereocenters. The molecule has 0 spiro atoms. The van der Waals surface area contributed by atoms with Gasteiger partial charge in [-0.05, 0) is 17.7 Å². The Bertz CT molecular complexity index is 518. The van der Waals surface area contributed by atoms with Crippen LogP contribution >= 0.6 is 15.9 Å². The summed E-state index contributed by atoms with van der Waals surface area (Å²) in [6, 6.07) is 12.6. The first-order chi connectivity index (χ1) is 8.00. The second kappa shape index (κ2) is 4.53. The highest BCUT2D eigenvalue weighted by atomic mass is 79.9. The average Bonchev–Trinajstić information content (AvgIpc) is 2.28. The van der Waals surface area contributed by atoms with Crippen molar-refractivity contribution in [2.75, 3.05) is 0 Å². The Morgan fingerprint density at radius 1 is 0.824 bits per heavy atom. The van der Waals surface area contributed by atoms with Crippen LogP contribution in [0.4, 0.5) is 13.2 Å². The lowest BCUT2D eigenvalue weighted by Gasteiger charge is -2.14. The van der Waals surface area contributed by atoms with Gasteiger partial charge in [0.1, 0.15) is 0 Å². The van der Waals surface area contributed by atoms with E-state index in [1.807, 2.05) is 0 Å². The molecular formula is C13H8BrF3. The van der Waals surface area contributed by atoms with E-state index in [0.29, 0.717) is 10.0 Å². The van der Waals surface area contributed by atoms with Crippen molar-refractivity contribution in [3.63, 3.8) is 0 Å². The quantitative estimate of drug-likeness (QED) is 0.684. The van der Waals surface area contributed by atoms with E-state index < -0.39 is 11.7 Å². The number of halogens is 4. The van der Waals surface area contributed by atoms with E-state index in [1.165, 1.54) is 6.07 Å². The molecule has 0 aliphatic heterocycles. The number of alkyl halides is 3. The van der Waals surface area contributed by atoms with E-state index in [1.54, 1.807) is 36.4 Å². The highest BCUT2D eigenvalue weighted by molar-refractivity contribution is 9.10. The second-order valence-corrected chi connectivity index (χ2v) is 4.38. The van der Waals surface area contributed by atoms with Crippen molar-refractivity contribution in [2.24, 2.45) is 0 Å². The summed E-state index contributed by atoms with van der Waals surface area (Å²) in [5.41, 5.74) is 0.103. The first kappa shape index (κ1) is 12.2. The van der Waals surface area contributed by atoms with E-state index in [-0.39, 0.29) is 5.56 Å². The van der Waals surface area contributed by atoms with Crippen molar-refractivity contribution >= 4 is 15.9 Å². The fourth-order valence-corrected chi connectivity index (χ4v) is 2.25. The Balaban J connectivity index is 2.69. The topological polar surface area (TPSA) is 0 Å².